The minimum Gasteiger partial charge on any atom is -0.334 e. The van der Waals surface area contributed by atoms with Crippen LogP contribution in [0.4, 0.5) is 26.3 Å². The summed E-state index contributed by atoms with van der Waals surface area (Å²) in [4.78, 5) is 26.8. The second-order valence-corrected chi connectivity index (χ2v) is 14.0. The summed E-state index contributed by atoms with van der Waals surface area (Å²) in [5.41, 5.74) is -2.16. The number of aryl methyl sites for hydroxylation is 3. The van der Waals surface area contributed by atoms with Crippen LogP contribution in [0.2, 0.25) is 0 Å². The number of hydrogen-bond donors (Lipinski definition) is 2. The number of carbonyl (C=O) groups excluding carboxylic acids is 2. The number of aromatic nitrogens is 2. The molecule has 0 spiro atoms. The quantitative estimate of drug-likeness (QED) is 0.185. The Kier molecular flexibility index (Phi) is 9.13. The van der Waals surface area contributed by atoms with E-state index < -0.39 is 63.4 Å². The summed E-state index contributed by atoms with van der Waals surface area (Å²) in [6.45, 7) is 0.147. The van der Waals surface area contributed by atoms with Gasteiger partial charge in [-0.3, -0.25) is 14.3 Å². The Hall–Kier alpha value is -3.36. The van der Waals surface area contributed by atoms with Crippen LogP contribution < -0.4 is 10.0 Å². The van der Waals surface area contributed by atoms with Gasteiger partial charge in [-0.2, -0.15) is 31.4 Å². The van der Waals surface area contributed by atoms with E-state index in [-0.39, 0.29) is 29.7 Å². The number of rotatable bonds is 11. The maximum atomic E-state index is 15.1. The molecule has 5 rings (SSSR count). The van der Waals surface area contributed by atoms with Gasteiger partial charge in [-0.15, -0.1) is 0 Å². The van der Waals surface area contributed by atoms with Crippen LogP contribution in [0.15, 0.2) is 36.2 Å². The zero-order valence-corrected chi connectivity index (χ0v) is 25.2. The predicted octanol–water partition coefficient (Wildman–Crippen LogP) is 5.61. The van der Waals surface area contributed by atoms with Gasteiger partial charge in [0.25, 0.3) is 11.8 Å². The molecule has 1 aromatic carbocycles. The van der Waals surface area contributed by atoms with Gasteiger partial charge in [-0.1, -0.05) is 31.0 Å². The molecule has 3 aliphatic rings. The van der Waals surface area contributed by atoms with Crippen LogP contribution in [0.1, 0.15) is 86.5 Å². The molecule has 246 valence electrons. The fourth-order valence-corrected chi connectivity index (χ4v) is 7.29. The number of amides is 2. The normalized spacial score (nSPS) is 21.0. The van der Waals surface area contributed by atoms with Crippen LogP contribution in [0.25, 0.3) is 5.57 Å². The van der Waals surface area contributed by atoms with Crippen LogP contribution in [-0.4, -0.2) is 47.6 Å². The van der Waals surface area contributed by atoms with Crippen LogP contribution in [0.3, 0.4) is 0 Å². The number of sulfonamides is 1. The zero-order chi connectivity index (χ0) is 32.6. The Balaban J connectivity index is 1.47. The Bertz CT molecular complexity index is 1590. The molecule has 1 saturated carbocycles. The molecule has 2 aromatic rings. The van der Waals surface area contributed by atoms with Crippen LogP contribution >= 0.6 is 0 Å². The third-order valence-electron chi connectivity index (χ3n) is 8.63. The Labute approximate surface area is 256 Å². The molecule has 15 heteroatoms. The van der Waals surface area contributed by atoms with E-state index in [1.54, 1.807) is 18.2 Å². The van der Waals surface area contributed by atoms with Crippen molar-refractivity contribution < 1.29 is 44.3 Å². The maximum absolute atomic E-state index is 15.1. The molecule has 1 atom stereocenters. The highest BCUT2D eigenvalue weighted by Crippen LogP contribution is 2.48. The standard InChI is InChI=1S/C30H34F6N4O4S/c31-29(32,33)13-5-1-2-6-14-40-18-22(17-37-40)28(30(34,35)36)16-24(21-10-9-19-7-3-4-8-20(19)15-21)25(26(41)38-28)27(42)39-45(43,44)23-11-12-23/h9-10,15,17-18,23H,1-8,11-14,16H2,(H,38,41)(H,39,42)/t28-/m0/s1. The average Bonchev–Trinajstić information content (AvgIpc) is 3.72. The van der Waals surface area contributed by atoms with Gasteiger partial charge < -0.3 is 5.32 Å². The summed E-state index contributed by atoms with van der Waals surface area (Å²) in [5, 5.41) is 5.21. The minimum atomic E-state index is -5.06. The van der Waals surface area contributed by atoms with E-state index in [1.807, 2.05) is 10.0 Å². The topological polar surface area (TPSA) is 110 Å². The largest absolute Gasteiger partial charge is 0.416 e. The molecular formula is C30H34F6N4O4S. The van der Waals surface area contributed by atoms with Crippen molar-refractivity contribution in [1.29, 1.82) is 0 Å². The van der Waals surface area contributed by atoms with Crippen molar-refractivity contribution >= 4 is 27.4 Å². The molecule has 2 N–H and O–H groups in total. The summed E-state index contributed by atoms with van der Waals surface area (Å²) in [6, 6.07) is 5.00. The van der Waals surface area contributed by atoms with Gasteiger partial charge in [-0.25, -0.2) is 13.1 Å². The smallest absolute Gasteiger partial charge is 0.334 e. The third kappa shape index (κ3) is 7.39. The molecule has 1 fully saturated rings. The fourth-order valence-electron chi connectivity index (χ4n) is 6.01. The second-order valence-electron chi connectivity index (χ2n) is 12.0. The van der Waals surface area contributed by atoms with E-state index in [2.05, 4.69) is 5.10 Å². The lowest BCUT2D eigenvalue weighted by Crippen LogP contribution is -2.59. The first-order chi connectivity index (χ1) is 21.1. The van der Waals surface area contributed by atoms with Crippen molar-refractivity contribution in [3.8, 4) is 0 Å². The SMILES string of the molecule is O=C1N[C@@](c2cnn(CCCCCCC(F)(F)F)c2)(C(F)(F)F)CC(c2ccc3c(c2)CCCC3)=C1C(=O)NS(=O)(=O)C1CC1. The maximum Gasteiger partial charge on any atom is 0.416 e. The van der Waals surface area contributed by atoms with Gasteiger partial charge in [0.1, 0.15) is 5.57 Å². The van der Waals surface area contributed by atoms with Crippen molar-refractivity contribution in [3.63, 3.8) is 0 Å². The van der Waals surface area contributed by atoms with Crippen LogP contribution in [0, 0.1) is 0 Å². The molecule has 45 heavy (non-hydrogen) atoms. The minimum absolute atomic E-state index is 0.0489. The highest BCUT2D eigenvalue weighted by atomic mass is 32.2. The van der Waals surface area contributed by atoms with Crippen LogP contribution in [-0.2, 0) is 44.5 Å². The zero-order valence-electron chi connectivity index (χ0n) is 24.4. The summed E-state index contributed by atoms with van der Waals surface area (Å²) >= 11 is 0. The number of halogens is 6. The summed E-state index contributed by atoms with van der Waals surface area (Å²) in [5.74, 6) is -2.66. The molecule has 2 heterocycles. The van der Waals surface area contributed by atoms with Gasteiger partial charge in [0, 0.05) is 31.1 Å². The monoisotopic (exact) mass is 660 g/mol. The number of nitrogens with zero attached hydrogens (tertiary/aromatic N) is 2. The lowest BCUT2D eigenvalue weighted by Gasteiger charge is -2.40. The highest BCUT2D eigenvalue weighted by molar-refractivity contribution is 7.91. The molecule has 0 bridgehead atoms. The summed E-state index contributed by atoms with van der Waals surface area (Å²) < 4.78 is 111. The first-order valence-electron chi connectivity index (χ1n) is 15.0. The molecule has 1 aliphatic heterocycles. The number of benzene rings is 1. The van der Waals surface area contributed by atoms with E-state index in [0.29, 0.717) is 38.5 Å². The van der Waals surface area contributed by atoms with Gasteiger partial charge >= 0.3 is 12.4 Å². The number of carbonyl (C=O) groups is 2. The van der Waals surface area contributed by atoms with Crippen molar-refractivity contribution in [2.75, 3.05) is 0 Å². The molecule has 8 nitrogen and oxygen atoms in total. The summed E-state index contributed by atoms with van der Waals surface area (Å²) in [6.07, 6.45) is -3.98. The molecular weight excluding hydrogens is 626 g/mol. The molecule has 0 unspecified atom stereocenters. The van der Waals surface area contributed by atoms with Crippen molar-refractivity contribution in [1.82, 2.24) is 19.8 Å². The van der Waals surface area contributed by atoms with Gasteiger partial charge in [-0.05, 0) is 73.6 Å². The van der Waals surface area contributed by atoms with E-state index >= 15 is 13.2 Å². The summed E-state index contributed by atoms with van der Waals surface area (Å²) in [7, 11) is -4.11. The number of unbranched alkanes of at least 4 members (excludes halogenated alkanes) is 3. The highest BCUT2D eigenvalue weighted by Gasteiger charge is 2.61. The lowest BCUT2D eigenvalue weighted by molar-refractivity contribution is -0.202. The number of alkyl halides is 6. The van der Waals surface area contributed by atoms with Crippen molar-refractivity contribution in [3.05, 3.63) is 58.4 Å². The van der Waals surface area contributed by atoms with Crippen molar-refractivity contribution in [2.24, 2.45) is 0 Å². The molecule has 1 aromatic heterocycles. The number of hydrogen-bond acceptors (Lipinski definition) is 5. The third-order valence-corrected chi connectivity index (χ3v) is 10.4. The van der Waals surface area contributed by atoms with E-state index in [9.17, 15) is 31.2 Å². The molecule has 2 aliphatic carbocycles. The van der Waals surface area contributed by atoms with Crippen LogP contribution in [0.5, 0.6) is 0 Å². The van der Waals surface area contributed by atoms with E-state index in [0.717, 1.165) is 42.8 Å². The van der Waals surface area contributed by atoms with Gasteiger partial charge in [0.05, 0.1) is 11.4 Å². The first-order valence-corrected chi connectivity index (χ1v) is 16.5. The van der Waals surface area contributed by atoms with Gasteiger partial charge in [0.2, 0.25) is 10.0 Å². The number of nitrogens with one attached hydrogen (secondary N) is 2. The first kappa shape index (κ1) is 33.0. The predicted molar refractivity (Wildman–Crippen MR) is 152 cm³/mol. The Morgan fingerprint density at radius 2 is 1.71 bits per heavy atom. The average molecular weight is 661 g/mol. The Morgan fingerprint density at radius 3 is 2.38 bits per heavy atom. The van der Waals surface area contributed by atoms with Crippen molar-refractivity contribution in [2.45, 2.75) is 107 Å². The lowest BCUT2D eigenvalue weighted by atomic mass is 9.76. The Morgan fingerprint density at radius 1 is 1.02 bits per heavy atom. The van der Waals surface area contributed by atoms with E-state index in [1.165, 1.54) is 4.68 Å². The van der Waals surface area contributed by atoms with E-state index in [4.69, 9.17) is 0 Å². The fraction of sp³-hybridized carbons (Fsp3) is 0.567. The number of fused-ring (bicyclic) bond motifs is 1. The van der Waals surface area contributed by atoms with Gasteiger partial charge in [0.15, 0.2) is 5.54 Å². The second kappa shape index (κ2) is 12.4. The molecule has 0 radical (unpaired) electrons. The molecule has 0 saturated heterocycles. The molecule has 2 amide bonds.